The number of amides is 1. The van der Waals surface area contributed by atoms with Gasteiger partial charge in [0, 0.05) is 12.2 Å². The number of anilines is 1. The van der Waals surface area contributed by atoms with Crippen LogP contribution in [0.3, 0.4) is 0 Å². The highest BCUT2D eigenvalue weighted by molar-refractivity contribution is 5.85. The van der Waals surface area contributed by atoms with Crippen LogP contribution in [0.4, 0.5) is 5.69 Å². The molecule has 1 unspecified atom stereocenters. The molecule has 1 amide bonds. The number of nitrogens with zero attached hydrogens (tertiary/aromatic N) is 2. The lowest BCUT2D eigenvalue weighted by Gasteiger charge is -2.33. The van der Waals surface area contributed by atoms with Crippen molar-refractivity contribution in [2.24, 2.45) is 0 Å². The van der Waals surface area contributed by atoms with Crippen LogP contribution >= 0.6 is 12.4 Å². The van der Waals surface area contributed by atoms with Gasteiger partial charge in [0.1, 0.15) is 6.10 Å². The van der Waals surface area contributed by atoms with E-state index in [0.29, 0.717) is 31.8 Å². The van der Waals surface area contributed by atoms with E-state index in [1.807, 2.05) is 35.2 Å². The molecule has 6 heteroatoms. The molecular weight excluding hydrogens is 314 g/mol. The number of nitrogens with two attached hydrogens (primary N) is 1. The van der Waals surface area contributed by atoms with Gasteiger partial charge in [-0.3, -0.25) is 9.78 Å². The van der Waals surface area contributed by atoms with Gasteiger partial charge in [-0.2, -0.15) is 0 Å². The van der Waals surface area contributed by atoms with Crippen molar-refractivity contribution >= 4 is 24.0 Å². The molecule has 0 saturated carbocycles. The summed E-state index contributed by atoms with van der Waals surface area (Å²) in [4.78, 5) is 18.5. The predicted octanol–water partition coefficient (Wildman–Crippen LogP) is 2.23. The number of ether oxygens (including phenoxy) is 1. The first-order valence-corrected chi connectivity index (χ1v) is 7.37. The first kappa shape index (κ1) is 17.2. The van der Waals surface area contributed by atoms with Crippen LogP contribution in [0.15, 0.2) is 48.7 Å². The molecule has 1 aromatic carbocycles. The topological polar surface area (TPSA) is 68.5 Å². The summed E-state index contributed by atoms with van der Waals surface area (Å²) in [5.74, 6) is 0.0708. The smallest absolute Gasteiger partial charge is 0.228 e. The molecule has 1 atom stereocenters. The Morgan fingerprint density at radius 2 is 2.04 bits per heavy atom. The number of halogens is 1. The third kappa shape index (κ3) is 4.43. The van der Waals surface area contributed by atoms with Crippen molar-refractivity contribution in [3.05, 3.63) is 59.9 Å². The number of pyridine rings is 1. The summed E-state index contributed by atoms with van der Waals surface area (Å²) < 4.78 is 5.78. The highest BCUT2D eigenvalue weighted by atomic mass is 35.5. The molecule has 2 aromatic rings. The Morgan fingerprint density at radius 3 is 2.74 bits per heavy atom. The van der Waals surface area contributed by atoms with Gasteiger partial charge in [0.25, 0.3) is 0 Å². The molecule has 0 spiro atoms. The molecule has 5 nitrogen and oxygen atoms in total. The van der Waals surface area contributed by atoms with E-state index in [4.69, 9.17) is 10.5 Å². The zero-order valence-electron chi connectivity index (χ0n) is 12.7. The zero-order chi connectivity index (χ0) is 15.4. The second-order valence-electron chi connectivity index (χ2n) is 5.37. The largest absolute Gasteiger partial charge is 0.397 e. The fourth-order valence-electron chi connectivity index (χ4n) is 2.55. The molecular formula is C17H20ClN3O2. The van der Waals surface area contributed by atoms with Gasteiger partial charge >= 0.3 is 0 Å². The normalized spacial score (nSPS) is 17.4. The van der Waals surface area contributed by atoms with Crippen molar-refractivity contribution < 1.29 is 9.53 Å². The van der Waals surface area contributed by atoms with E-state index in [2.05, 4.69) is 4.98 Å². The van der Waals surface area contributed by atoms with E-state index in [-0.39, 0.29) is 24.4 Å². The van der Waals surface area contributed by atoms with Gasteiger partial charge in [-0.25, -0.2) is 0 Å². The maximum Gasteiger partial charge on any atom is 0.228 e. The molecule has 1 aliphatic heterocycles. The Balaban J connectivity index is 0.00000192. The maximum absolute atomic E-state index is 12.4. The first-order chi connectivity index (χ1) is 10.7. The second-order valence-corrected chi connectivity index (χ2v) is 5.37. The van der Waals surface area contributed by atoms with Crippen LogP contribution in [0.5, 0.6) is 0 Å². The minimum absolute atomic E-state index is 0. The molecule has 1 aromatic heterocycles. The molecule has 23 heavy (non-hydrogen) atoms. The summed E-state index contributed by atoms with van der Waals surface area (Å²) in [6, 6.07) is 13.6. The molecule has 122 valence electrons. The van der Waals surface area contributed by atoms with Gasteiger partial charge in [-0.05, 0) is 17.7 Å². The van der Waals surface area contributed by atoms with Crippen LogP contribution in [-0.4, -0.2) is 35.5 Å². The Labute approximate surface area is 141 Å². The van der Waals surface area contributed by atoms with Crippen LogP contribution < -0.4 is 5.73 Å². The summed E-state index contributed by atoms with van der Waals surface area (Å²) in [5, 5.41) is 0. The highest BCUT2D eigenvalue weighted by Gasteiger charge is 2.25. The molecule has 0 bridgehead atoms. The molecule has 3 rings (SSSR count). The van der Waals surface area contributed by atoms with E-state index in [1.54, 1.807) is 18.3 Å². The fourth-order valence-corrected chi connectivity index (χ4v) is 2.55. The number of benzene rings is 1. The highest BCUT2D eigenvalue weighted by Crippen LogP contribution is 2.22. The summed E-state index contributed by atoms with van der Waals surface area (Å²) in [7, 11) is 0. The van der Waals surface area contributed by atoms with E-state index in [9.17, 15) is 4.79 Å². The van der Waals surface area contributed by atoms with Crippen LogP contribution in [0.2, 0.25) is 0 Å². The van der Waals surface area contributed by atoms with Gasteiger partial charge in [0.15, 0.2) is 0 Å². The van der Waals surface area contributed by atoms with E-state index in [0.717, 1.165) is 11.3 Å². The lowest BCUT2D eigenvalue weighted by molar-refractivity contribution is -0.138. The quantitative estimate of drug-likeness (QED) is 0.935. The Hall–Kier alpha value is -2.11. The number of rotatable bonds is 3. The van der Waals surface area contributed by atoms with Gasteiger partial charge in [-0.1, -0.05) is 30.3 Å². The number of carbonyl (C=O) groups is 1. The first-order valence-electron chi connectivity index (χ1n) is 7.37. The SMILES string of the molecule is Cl.Nc1ccc(CC(=O)N2CCOC(c3ccccc3)C2)nc1. The van der Waals surface area contributed by atoms with Crippen molar-refractivity contribution in [3.8, 4) is 0 Å². The monoisotopic (exact) mass is 333 g/mol. The van der Waals surface area contributed by atoms with Crippen molar-refractivity contribution in [1.29, 1.82) is 0 Å². The van der Waals surface area contributed by atoms with Gasteiger partial charge < -0.3 is 15.4 Å². The van der Waals surface area contributed by atoms with Gasteiger partial charge in [0.05, 0.1) is 31.5 Å². The molecule has 0 radical (unpaired) electrons. The lowest BCUT2D eigenvalue weighted by Crippen LogP contribution is -2.43. The average molecular weight is 334 g/mol. The number of hydrogen-bond donors (Lipinski definition) is 1. The molecule has 1 aliphatic rings. The number of morpholine rings is 1. The van der Waals surface area contributed by atoms with Crippen LogP contribution in [-0.2, 0) is 16.0 Å². The van der Waals surface area contributed by atoms with E-state index >= 15 is 0 Å². The maximum atomic E-state index is 12.4. The second kappa shape index (κ2) is 7.94. The van der Waals surface area contributed by atoms with Crippen LogP contribution in [0.1, 0.15) is 17.4 Å². The summed E-state index contributed by atoms with van der Waals surface area (Å²) in [6.07, 6.45) is 1.81. The lowest BCUT2D eigenvalue weighted by atomic mass is 10.1. The van der Waals surface area contributed by atoms with E-state index < -0.39 is 0 Å². The number of aromatic nitrogens is 1. The van der Waals surface area contributed by atoms with Gasteiger partial charge in [-0.15, -0.1) is 12.4 Å². The standard InChI is InChI=1S/C17H19N3O2.ClH/c18-14-6-7-15(19-11-14)10-17(21)20-8-9-22-16(12-20)13-4-2-1-3-5-13;/h1-7,11,16H,8-10,12,18H2;1H. The minimum Gasteiger partial charge on any atom is -0.397 e. The molecule has 1 saturated heterocycles. The predicted molar refractivity (Wildman–Crippen MR) is 91.3 cm³/mol. The van der Waals surface area contributed by atoms with Crippen molar-refractivity contribution in [3.63, 3.8) is 0 Å². The van der Waals surface area contributed by atoms with Crippen molar-refractivity contribution in [1.82, 2.24) is 9.88 Å². The third-order valence-electron chi connectivity index (χ3n) is 3.77. The summed E-state index contributed by atoms with van der Waals surface area (Å²) >= 11 is 0. The fraction of sp³-hybridized carbons (Fsp3) is 0.294. The minimum atomic E-state index is -0.0572. The number of carbonyl (C=O) groups excluding carboxylic acids is 1. The third-order valence-corrected chi connectivity index (χ3v) is 3.77. The Kier molecular flexibility index (Phi) is 5.96. The molecule has 2 N–H and O–H groups in total. The number of hydrogen-bond acceptors (Lipinski definition) is 4. The van der Waals surface area contributed by atoms with E-state index in [1.165, 1.54) is 0 Å². The van der Waals surface area contributed by atoms with Crippen LogP contribution in [0.25, 0.3) is 0 Å². The summed E-state index contributed by atoms with van der Waals surface area (Å²) in [6.45, 7) is 1.76. The summed E-state index contributed by atoms with van der Waals surface area (Å²) in [5.41, 5.74) is 8.05. The van der Waals surface area contributed by atoms with Crippen LogP contribution in [0, 0.1) is 0 Å². The average Bonchev–Trinajstić information content (AvgIpc) is 2.58. The van der Waals surface area contributed by atoms with Crippen molar-refractivity contribution in [2.75, 3.05) is 25.4 Å². The number of nitrogen functional groups attached to an aromatic ring is 1. The molecule has 1 fully saturated rings. The van der Waals surface area contributed by atoms with Crippen molar-refractivity contribution in [2.45, 2.75) is 12.5 Å². The Morgan fingerprint density at radius 1 is 1.26 bits per heavy atom. The zero-order valence-corrected chi connectivity index (χ0v) is 13.5. The molecule has 0 aliphatic carbocycles. The Bertz CT molecular complexity index is 634. The van der Waals surface area contributed by atoms with Gasteiger partial charge in [0.2, 0.25) is 5.91 Å². The molecule has 2 heterocycles.